The van der Waals surface area contributed by atoms with Crippen LogP contribution in [-0.2, 0) is 16.2 Å². The number of hydrogen-bond donors (Lipinski definition) is 1. The Hall–Kier alpha value is -4.62. The second kappa shape index (κ2) is 10.6. The maximum atomic E-state index is 13.3. The van der Waals surface area contributed by atoms with Gasteiger partial charge in [-0.05, 0) is 71.7 Å². The Morgan fingerprint density at radius 1 is 0.923 bits per heavy atom. The molecule has 1 aliphatic rings. The highest BCUT2D eigenvalue weighted by Gasteiger charge is 2.37. The molecule has 4 amide bonds. The number of rotatable bonds is 6. The highest BCUT2D eigenvalue weighted by atomic mass is 35.5. The molecule has 1 N–H and O–H groups in total. The van der Waals surface area contributed by atoms with Gasteiger partial charge < -0.3 is 9.47 Å². The van der Waals surface area contributed by atoms with Crippen molar-refractivity contribution in [3.05, 3.63) is 106 Å². The van der Waals surface area contributed by atoms with Gasteiger partial charge in [-0.25, -0.2) is 9.69 Å². The van der Waals surface area contributed by atoms with E-state index in [-0.39, 0.29) is 5.57 Å². The minimum Gasteiger partial charge on any atom is -0.493 e. The van der Waals surface area contributed by atoms with Crippen molar-refractivity contribution < 1.29 is 23.9 Å². The first-order valence-electron chi connectivity index (χ1n) is 12.2. The summed E-state index contributed by atoms with van der Waals surface area (Å²) in [5, 5.41) is 4.88. The fourth-order valence-electron chi connectivity index (χ4n) is 4.56. The summed E-state index contributed by atoms with van der Waals surface area (Å²) in [5.41, 5.74) is 3.36. The third kappa shape index (κ3) is 4.96. The average molecular weight is 541 g/mol. The number of carbonyl (C=O) groups excluding carboxylic acids is 3. The third-order valence-electron chi connectivity index (χ3n) is 6.73. The van der Waals surface area contributed by atoms with Crippen molar-refractivity contribution in [1.82, 2.24) is 5.32 Å². The highest BCUT2D eigenvalue weighted by Crippen LogP contribution is 2.33. The van der Waals surface area contributed by atoms with Gasteiger partial charge in [0.25, 0.3) is 11.8 Å². The van der Waals surface area contributed by atoms with Gasteiger partial charge in [0, 0.05) is 10.6 Å². The molecule has 1 fully saturated rings. The van der Waals surface area contributed by atoms with Crippen molar-refractivity contribution in [2.45, 2.75) is 20.5 Å². The van der Waals surface area contributed by atoms with Crippen LogP contribution >= 0.6 is 11.6 Å². The van der Waals surface area contributed by atoms with Gasteiger partial charge in [-0.2, -0.15) is 0 Å². The number of halogens is 1. The van der Waals surface area contributed by atoms with Gasteiger partial charge in [0.05, 0.1) is 12.8 Å². The number of aryl methyl sites for hydroxylation is 1. The fourth-order valence-corrected chi connectivity index (χ4v) is 4.73. The van der Waals surface area contributed by atoms with E-state index in [0.29, 0.717) is 39.9 Å². The Labute approximate surface area is 230 Å². The van der Waals surface area contributed by atoms with Crippen LogP contribution in [0.5, 0.6) is 11.5 Å². The number of barbiturate groups is 1. The maximum absolute atomic E-state index is 13.3. The molecule has 0 spiro atoms. The zero-order chi connectivity index (χ0) is 27.7. The molecule has 0 saturated carbocycles. The van der Waals surface area contributed by atoms with Gasteiger partial charge in [-0.3, -0.25) is 14.9 Å². The number of imide groups is 2. The van der Waals surface area contributed by atoms with Crippen molar-refractivity contribution in [3.63, 3.8) is 0 Å². The number of methoxy groups -OCH3 is 1. The SMILES string of the molecule is COc1cc(/C=C2\C(=O)NC(=O)N(c3cccc(Cl)c3C)C2=O)ccc1OCc1c(C)ccc2ccccc12. The summed E-state index contributed by atoms with van der Waals surface area (Å²) in [4.78, 5) is 39.4. The van der Waals surface area contributed by atoms with Crippen molar-refractivity contribution in [3.8, 4) is 11.5 Å². The average Bonchev–Trinajstić information content (AvgIpc) is 2.93. The fraction of sp³-hybridized carbons (Fsp3) is 0.129. The largest absolute Gasteiger partial charge is 0.493 e. The lowest BCUT2D eigenvalue weighted by atomic mass is 10.0. The molecule has 0 bridgehead atoms. The Bertz CT molecular complexity index is 1680. The van der Waals surface area contributed by atoms with E-state index in [2.05, 4.69) is 29.6 Å². The Kier molecular flexibility index (Phi) is 7.09. The van der Waals surface area contributed by atoms with Gasteiger partial charge in [0.2, 0.25) is 0 Å². The van der Waals surface area contributed by atoms with Crippen molar-refractivity contribution >= 4 is 52.0 Å². The third-order valence-corrected chi connectivity index (χ3v) is 7.14. The second-order valence-electron chi connectivity index (χ2n) is 9.12. The predicted octanol–water partition coefficient (Wildman–Crippen LogP) is 6.36. The van der Waals surface area contributed by atoms with Crippen LogP contribution in [0.2, 0.25) is 5.02 Å². The first-order valence-corrected chi connectivity index (χ1v) is 12.6. The van der Waals surface area contributed by atoms with Gasteiger partial charge in [0.1, 0.15) is 12.2 Å². The monoisotopic (exact) mass is 540 g/mol. The number of anilines is 1. The standard InChI is InChI=1S/C31H25ClN2O5/c1-18-11-13-21-7-4-5-8-22(21)24(18)17-39-27-14-12-20(16-28(27)38-3)15-23-29(35)33-31(37)34(30(23)36)26-10-6-9-25(32)19(26)2/h4-16H,17H2,1-3H3,(H,33,35,37)/b23-15+. The summed E-state index contributed by atoms with van der Waals surface area (Å²) in [5.74, 6) is -0.589. The molecule has 196 valence electrons. The molecule has 1 aliphatic heterocycles. The molecule has 39 heavy (non-hydrogen) atoms. The molecular formula is C31H25ClN2O5. The van der Waals surface area contributed by atoms with Crippen LogP contribution in [0.4, 0.5) is 10.5 Å². The molecule has 1 heterocycles. The lowest BCUT2D eigenvalue weighted by Gasteiger charge is -2.27. The molecule has 0 aliphatic carbocycles. The number of fused-ring (bicyclic) bond motifs is 1. The molecule has 0 unspecified atom stereocenters. The van der Waals surface area contributed by atoms with E-state index in [1.54, 1.807) is 43.3 Å². The molecule has 0 atom stereocenters. The summed E-state index contributed by atoms with van der Waals surface area (Å²) < 4.78 is 11.7. The molecule has 5 rings (SSSR count). The molecule has 8 heteroatoms. The van der Waals surface area contributed by atoms with Crippen molar-refractivity contribution in [1.29, 1.82) is 0 Å². The van der Waals surface area contributed by atoms with Crippen LogP contribution in [0, 0.1) is 13.8 Å². The highest BCUT2D eigenvalue weighted by molar-refractivity contribution is 6.40. The summed E-state index contributed by atoms with van der Waals surface area (Å²) in [6.45, 7) is 4.07. The minimum atomic E-state index is -0.836. The second-order valence-corrected chi connectivity index (χ2v) is 9.53. The van der Waals surface area contributed by atoms with E-state index in [9.17, 15) is 14.4 Å². The lowest BCUT2D eigenvalue weighted by molar-refractivity contribution is -0.122. The Balaban J connectivity index is 1.43. The number of urea groups is 1. The van der Waals surface area contributed by atoms with Crippen LogP contribution in [0.3, 0.4) is 0 Å². The van der Waals surface area contributed by atoms with Gasteiger partial charge >= 0.3 is 6.03 Å². The summed E-state index contributed by atoms with van der Waals surface area (Å²) in [7, 11) is 1.52. The molecule has 0 aromatic heterocycles. The zero-order valence-electron chi connectivity index (χ0n) is 21.6. The Morgan fingerprint density at radius 2 is 1.72 bits per heavy atom. The summed E-state index contributed by atoms with van der Waals surface area (Å²) in [6.07, 6.45) is 1.41. The molecule has 0 radical (unpaired) electrons. The van der Waals surface area contributed by atoms with E-state index < -0.39 is 17.8 Å². The predicted molar refractivity (Wildman–Crippen MR) is 151 cm³/mol. The molecular weight excluding hydrogens is 516 g/mol. The van der Waals surface area contributed by atoms with E-state index in [4.69, 9.17) is 21.1 Å². The number of nitrogens with zero attached hydrogens (tertiary/aromatic N) is 1. The summed E-state index contributed by atoms with van der Waals surface area (Å²) >= 11 is 6.20. The van der Waals surface area contributed by atoms with Crippen LogP contribution < -0.4 is 19.7 Å². The minimum absolute atomic E-state index is 0.198. The molecule has 4 aromatic carbocycles. The van der Waals surface area contributed by atoms with E-state index in [1.807, 2.05) is 19.1 Å². The quantitative estimate of drug-likeness (QED) is 0.227. The van der Waals surface area contributed by atoms with Gasteiger partial charge in [0.15, 0.2) is 11.5 Å². The van der Waals surface area contributed by atoms with Crippen LogP contribution in [-0.4, -0.2) is 25.0 Å². The normalized spacial score (nSPS) is 14.6. The Morgan fingerprint density at radius 3 is 2.51 bits per heavy atom. The number of ether oxygens (including phenoxy) is 2. The van der Waals surface area contributed by atoms with Gasteiger partial charge in [-0.15, -0.1) is 0 Å². The van der Waals surface area contributed by atoms with E-state index in [0.717, 1.165) is 26.8 Å². The smallest absolute Gasteiger partial charge is 0.335 e. The maximum Gasteiger partial charge on any atom is 0.335 e. The molecule has 7 nitrogen and oxygen atoms in total. The number of nitrogens with one attached hydrogen (secondary N) is 1. The first-order chi connectivity index (χ1) is 18.8. The van der Waals surface area contributed by atoms with Crippen LogP contribution in [0.1, 0.15) is 22.3 Å². The number of carbonyl (C=O) groups is 3. The number of hydrogen-bond acceptors (Lipinski definition) is 5. The summed E-state index contributed by atoms with van der Waals surface area (Å²) in [6, 6.07) is 21.4. The molecule has 1 saturated heterocycles. The topological polar surface area (TPSA) is 84.9 Å². The lowest BCUT2D eigenvalue weighted by Crippen LogP contribution is -2.54. The first kappa shape index (κ1) is 26.0. The zero-order valence-corrected chi connectivity index (χ0v) is 22.3. The number of amides is 4. The van der Waals surface area contributed by atoms with Crippen LogP contribution in [0.25, 0.3) is 16.8 Å². The van der Waals surface area contributed by atoms with Gasteiger partial charge in [-0.1, -0.05) is 60.1 Å². The van der Waals surface area contributed by atoms with Crippen LogP contribution in [0.15, 0.2) is 78.4 Å². The van der Waals surface area contributed by atoms with Crippen molar-refractivity contribution in [2.75, 3.05) is 12.0 Å². The molecule has 4 aromatic rings. The van der Waals surface area contributed by atoms with E-state index >= 15 is 0 Å². The van der Waals surface area contributed by atoms with E-state index in [1.165, 1.54) is 13.2 Å². The number of benzene rings is 4. The van der Waals surface area contributed by atoms with Crippen molar-refractivity contribution in [2.24, 2.45) is 0 Å².